The summed E-state index contributed by atoms with van der Waals surface area (Å²) < 4.78 is 9.72. The zero-order chi connectivity index (χ0) is 15.1. The second-order valence-electron chi connectivity index (χ2n) is 4.16. The summed E-state index contributed by atoms with van der Waals surface area (Å²) in [7, 11) is 4.59. The van der Waals surface area contributed by atoms with E-state index in [0.717, 1.165) is 0 Å². The third-order valence-electron chi connectivity index (χ3n) is 2.45. The second-order valence-corrected chi connectivity index (χ2v) is 4.16. The number of amides is 1. The monoisotopic (exact) mass is 279 g/mol. The molecule has 0 aliphatic carbocycles. The summed E-state index contributed by atoms with van der Waals surface area (Å²) in [6, 6.07) is 4.65. The molecule has 0 saturated heterocycles. The number of hydrogen-bond acceptors (Lipinski definition) is 5. The van der Waals surface area contributed by atoms with Gasteiger partial charge in [-0.2, -0.15) is 0 Å². The van der Waals surface area contributed by atoms with E-state index >= 15 is 0 Å². The number of phenolic OH excluding ortho intramolecular Hbond substituents is 1. The standard InChI is InChI=1S/C14H17NO5/c1-15(2)13(17)9-20-14(18)7-5-10-4-6-11(16)12(8-10)19-3/h4-8,16H,9H2,1-3H3/b7-5+. The fourth-order valence-electron chi connectivity index (χ4n) is 1.27. The Morgan fingerprint density at radius 3 is 2.65 bits per heavy atom. The number of carbonyl (C=O) groups excluding carboxylic acids is 2. The van der Waals surface area contributed by atoms with E-state index in [1.165, 1.54) is 30.2 Å². The molecule has 6 heteroatoms. The molecule has 1 aromatic rings. The Kier molecular flexibility index (Phi) is 5.58. The van der Waals surface area contributed by atoms with Gasteiger partial charge in [-0.1, -0.05) is 6.07 Å². The van der Waals surface area contributed by atoms with Gasteiger partial charge in [0.25, 0.3) is 5.91 Å². The molecular weight excluding hydrogens is 262 g/mol. The number of esters is 1. The lowest BCUT2D eigenvalue weighted by atomic mass is 10.2. The summed E-state index contributed by atoms with van der Waals surface area (Å²) in [5, 5.41) is 9.43. The Hall–Kier alpha value is -2.50. The molecule has 0 bridgehead atoms. The molecule has 0 saturated carbocycles. The van der Waals surface area contributed by atoms with E-state index in [1.807, 2.05) is 0 Å². The summed E-state index contributed by atoms with van der Waals surface area (Å²) in [6.45, 7) is -0.297. The van der Waals surface area contributed by atoms with Gasteiger partial charge in [0.2, 0.25) is 0 Å². The van der Waals surface area contributed by atoms with Crippen molar-refractivity contribution >= 4 is 18.0 Å². The van der Waals surface area contributed by atoms with E-state index < -0.39 is 5.97 Å². The molecule has 0 heterocycles. The largest absolute Gasteiger partial charge is 0.504 e. The zero-order valence-corrected chi connectivity index (χ0v) is 11.6. The number of likely N-dealkylation sites (N-methyl/N-ethyl adjacent to an activating group) is 1. The maximum Gasteiger partial charge on any atom is 0.331 e. The van der Waals surface area contributed by atoms with Gasteiger partial charge in [0.1, 0.15) is 0 Å². The first-order valence-corrected chi connectivity index (χ1v) is 5.86. The highest BCUT2D eigenvalue weighted by molar-refractivity contribution is 5.89. The van der Waals surface area contributed by atoms with Crippen molar-refractivity contribution < 1.29 is 24.2 Å². The van der Waals surface area contributed by atoms with Crippen molar-refractivity contribution in [2.24, 2.45) is 0 Å². The van der Waals surface area contributed by atoms with Crippen molar-refractivity contribution in [2.75, 3.05) is 27.8 Å². The van der Waals surface area contributed by atoms with E-state index in [-0.39, 0.29) is 18.3 Å². The van der Waals surface area contributed by atoms with Gasteiger partial charge in [-0.15, -0.1) is 0 Å². The molecule has 108 valence electrons. The minimum absolute atomic E-state index is 0.0174. The summed E-state index contributed by atoms with van der Waals surface area (Å²) in [4.78, 5) is 24.0. The molecule has 0 aliphatic rings. The number of ether oxygens (including phenoxy) is 2. The van der Waals surface area contributed by atoms with E-state index in [1.54, 1.807) is 26.2 Å². The smallest absolute Gasteiger partial charge is 0.331 e. The SMILES string of the molecule is COc1cc(/C=C/C(=O)OCC(=O)N(C)C)ccc1O. The summed E-state index contributed by atoms with van der Waals surface area (Å²) >= 11 is 0. The van der Waals surface area contributed by atoms with Crippen LogP contribution in [0.15, 0.2) is 24.3 Å². The number of phenols is 1. The van der Waals surface area contributed by atoms with Crippen LogP contribution in [-0.4, -0.2) is 49.7 Å². The molecule has 0 aliphatic heterocycles. The zero-order valence-electron chi connectivity index (χ0n) is 11.6. The Morgan fingerprint density at radius 1 is 1.35 bits per heavy atom. The molecule has 0 radical (unpaired) electrons. The van der Waals surface area contributed by atoms with Crippen LogP contribution in [0.1, 0.15) is 5.56 Å². The van der Waals surface area contributed by atoms with Crippen LogP contribution < -0.4 is 4.74 Å². The molecule has 1 rings (SSSR count). The Morgan fingerprint density at radius 2 is 2.05 bits per heavy atom. The second kappa shape index (κ2) is 7.18. The lowest BCUT2D eigenvalue weighted by Crippen LogP contribution is -2.27. The van der Waals surface area contributed by atoms with Crippen LogP contribution in [0.3, 0.4) is 0 Å². The van der Waals surface area contributed by atoms with E-state index in [0.29, 0.717) is 11.3 Å². The van der Waals surface area contributed by atoms with E-state index in [9.17, 15) is 14.7 Å². The lowest BCUT2D eigenvalue weighted by molar-refractivity contribution is -0.146. The van der Waals surface area contributed by atoms with Crippen LogP contribution in [0.25, 0.3) is 6.08 Å². The molecule has 1 N–H and O–H groups in total. The normalized spacial score (nSPS) is 10.3. The van der Waals surface area contributed by atoms with Gasteiger partial charge in [-0.3, -0.25) is 4.79 Å². The van der Waals surface area contributed by atoms with Crippen molar-refractivity contribution in [1.82, 2.24) is 4.90 Å². The predicted molar refractivity (Wildman–Crippen MR) is 73.3 cm³/mol. The van der Waals surface area contributed by atoms with Crippen LogP contribution in [-0.2, 0) is 14.3 Å². The topological polar surface area (TPSA) is 76.1 Å². The summed E-state index contributed by atoms with van der Waals surface area (Å²) in [5.41, 5.74) is 0.663. The van der Waals surface area contributed by atoms with Gasteiger partial charge in [0.15, 0.2) is 18.1 Å². The third kappa shape index (κ3) is 4.64. The molecule has 6 nitrogen and oxygen atoms in total. The van der Waals surface area contributed by atoms with Crippen molar-refractivity contribution in [3.05, 3.63) is 29.8 Å². The van der Waals surface area contributed by atoms with Crippen molar-refractivity contribution in [3.63, 3.8) is 0 Å². The maximum absolute atomic E-state index is 11.4. The van der Waals surface area contributed by atoms with Crippen LogP contribution in [0.5, 0.6) is 11.5 Å². The van der Waals surface area contributed by atoms with Crippen molar-refractivity contribution in [3.8, 4) is 11.5 Å². The Bertz CT molecular complexity index is 522. The molecule has 0 atom stereocenters. The highest BCUT2D eigenvalue weighted by atomic mass is 16.5. The minimum Gasteiger partial charge on any atom is -0.504 e. The van der Waals surface area contributed by atoms with Crippen molar-refractivity contribution in [2.45, 2.75) is 0 Å². The predicted octanol–water partition coefficient (Wildman–Crippen LogP) is 1.05. The van der Waals surface area contributed by atoms with Gasteiger partial charge in [-0.05, 0) is 23.8 Å². The van der Waals surface area contributed by atoms with Crippen LogP contribution in [0.2, 0.25) is 0 Å². The third-order valence-corrected chi connectivity index (χ3v) is 2.45. The Balaban J connectivity index is 2.59. The molecule has 1 aromatic carbocycles. The molecule has 0 unspecified atom stereocenters. The van der Waals surface area contributed by atoms with Gasteiger partial charge in [0, 0.05) is 20.2 Å². The lowest BCUT2D eigenvalue weighted by Gasteiger charge is -2.09. The first kappa shape index (κ1) is 15.6. The molecule has 20 heavy (non-hydrogen) atoms. The quantitative estimate of drug-likeness (QED) is 0.644. The van der Waals surface area contributed by atoms with Gasteiger partial charge < -0.3 is 19.5 Å². The number of benzene rings is 1. The average Bonchev–Trinajstić information content (AvgIpc) is 2.43. The van der Waals surface area contributed by atoms with Gasteiger partial charge >= 0.3 is 5.97 Å². The summed E-state index contributed by atoms with van der Waals surface area (Å²) in [5.74, 6) is -0.586. The van der Waals surface area contributed by atoms with Crippen LogP contribution in [0.4, 0.5) is 0 Å². The first-order chi connectivity index (χ1) is 9.43. The number of aromatic hydroxyl groups is 1. The number of nitrogens with zero attached hydrogens (tertiary/aromatic N) is 1. The number of hydrogen-bond donors (Lipinski definition) is 1. The Labute approximate surface area is 117 Å². The number of methoxy groups -OCH3 is 1. The highest BCUT2D eigenvalue weighted by Gasteiger charge is 2.06. The molecular formula is C14H17NO5. The van der Waals surface area contributed by atoms with E-state index in [4.69, 9.17) is 9.47 Å². The fourth-order valence-corrected chi connectivity index (χ4v) is 1.27. The van der Waals surface area contributed by atoms with Gasteiger partial charge in [-0.25, -0.2) is 4.79 Å². The number of carbonyl (C=O) groups is 2. The molecule has 0 spiro atoms. The molecule has 0 fully saturated rings. The van der Waals surface area contributed by atoms with E-state index in [2.05, 4.69) is 0 Å². The van der Waals surface area contributed by atoms with Gasteiger partial charge in [0.05, 0.1) is 7.11 Å². The summed E-state index contributed by atoms with van der Waals surface area (Å²) in [6.07, 6.45) is 2.71. The fraction of sp³-hybridized carbons (Fsp3) is 0.286. The highest BCUT2D eigenvalue weighted by Crippen LogP contribution is 2.26. The maximum atomic E-state index is 11.4. The van der Waals surface area contributed by atoms with Crippen LogP contribution in [0, 0.1) is 0 Å². The minimum atomic E-state index is -0.618. The van der Waals surface area contributed by atoms with Crippen molar-refractivity contribution in [1.29, 1.82) is 0 Å². The first-order valence-electron chi connectivity index (χ1n) is 5.86. The average molecular weight is 279 g/mol. The molecule has 1 amide bonds. The molecule has 0 aromatic heterocycles. The number of rotatable bonds is 5. The van der Waals surface area contributed by atoms with Crippen LogP contribution >= 0.6 is 0 Å².